The zero-order chi connectivity index (χ0) is 9.56. The molecule has 0 spiro atoms. The molecule has 12 heavy (non-hydrogen) atoms. The minimum Gasteiger partial charge on any atom is -0.368 e. The Kier molecular flexibility index (Phi) is 6.03. The molecule has 0 fully saturated rings. The average molecular weight is 172 g/mol. The van der Waals surface area contributed by atoms with E-state index in [0.29, 0.717) is 0 Å². The first kappa shape index (κ1) is 11.7. The van der Waals surface area contributed by atoms with Crippen molar-refractivity contribution in [3.05, 3.63) is 12.2 Å². The van der Waals surface area contributed by atoms with E-state index in [1.807, 2.05) is 6.92 Å². The molecule has 0 aromatic rings. The lowest BCUT2D eigenvalue weighted by molar-refractivity contribution is -0.0865. The van der Waals surface area contributed by atoms with Crippen molar-refractivity contribution in [2.45, 2.75) is 45.8 Å². The average Bonchev–Trinajstić information content (AvgIpc) is 2.04. The summed E-state index contributed by atoms with van der Waals surface area (Å²) in [7, 11) is 0. The highest BCUT2D eigenvalue weighted by atomic mass is 16.5. The monoisotopic (exact) mass is 172 g/mol. The molecule has 0 heterocycles. The Bertz CT molecular complexity index is 130. The van der Waals surface area contributed by atoms with Crippen LogP contribution in [0.15, 0.2) is 12.2 Å². The Balaban J connectivity index is 3.65. The van der Waals surface area contributed by atoms with Gasteiger partial charge in [0.2, 0.25) is 0 Å². The SMILES string of the molecule is C=C(CC)CCC(CC)C(O)O. The van der Waals surface area contributed by atoms with E-state index < -0.39 is 6.29 Å². The maximum Gasteiger partial charge on any atom is 0.154 e. The molecule has 0 aliphatic carbocycles. The highest BCUT2D eigenvalue weighted by molar-refractivity contribution is 4.92. The van der Waals surface area contributed by atoms with Crippen molar-refractivity contribution < 1.29 is 10.2 Å². The van der Waals surface area contributed by atoms with Crippen LogP contribution in [-0.4, -0.2) is 16.5 Å². The summed E-state index contributed by atoms with van der Waals surface area (Å²) in [6.45, 7) is 7.91. The summed E-state index contributed by atoms with van der Waals surface area (Å²) in [5.74, 6) is 0.00769. The molecule has 0 aliphatic rings. The molecule has 0 aromatic heterocycles. The zero-order valence-electron chi connectivity index (χ0n) is 8.08. The lowest BCUT2D eigenvalue weighted by Gasteiger charge is -2.16. The van der Waals surface area contributed by atoms with Gasteiger partial charge in [0.25, 0.3) is 0 Å². The van der Waals surface area contributed by atoms with Crippen LogP contribution < -0.4 is 0 Å². The van der Waals surface area contributed by atoms with Gasteiger partial charge < -0.3 is 10.2 Å². The van der Waals surface area contributed by atoms with Gasteiger partial charge in [-0.15, -0.1) is 0 Å². The highest BCUT2D eigenvalue weighted by Crippen LogP contribution is 2.18. The summed E-state index contributed by atoms with van der Waals surface area (Å²) in [5.41, 5.74) is 1.19. The van der Waals surface area contributed by atoms with Crippen LogP contribution in [0.3, 0.4) is 0 Å². The molecule has 2 N–H and O–H groups in total. The number of aliphatic hydroxyl groups excluding tert-OH is 1. The van der Waals surface area contributed by atoms with Crippen LogP contribution in [0.1, 0.15) is 39.5 Å². The largest absolute Gasteiger partial charge is 0.368 e. The van der Waals surface area contributed by atoms with Crippen LogP contribution in [0, 0.1) is 5.92 Å². The predicted molar refractivity (Wildman–Crippen MR) is 50.7 cm³/mol. The summed E-state index contributed by atoms with van der Waals surface area (Å²) in [4.78, 5) is 0. The van der Waals surface area contributed by atoms with E-state index in [0.717, 1.165) is 25.7 Å². The van der Waals surface area contributed by atoms with E-state index in [2.05, 4.69) is 13.5 Å². The zero-order valence-corrected chi connectivity index (χ0v) is 8.08. The highest BCUT2D eigenvalue weighted by Gasteiger charge is 2.13. The van der Waals surface area contributed by atoms with Crippen LogP contribution in [0.25, 0.3) is 0 Å². The minimum atomic E-state index is -1.17. The Morgan fingerprint density at radius 1 is 1.33 bits per heavy atom. The first-order valence-electron chi connectivity index (χ1n) is 4.64. The summed E-state index contributed by atoms with van der Waals surface area (Å²) < 4.78 is 0. The van der Waals surface area contributed by atoms with E-state index >= 15 is 0 Å². The van der Waals surface area contributed by atoms with E-state index in [1.165, 1.54) is 5.57 Å². The standard InChI is InChI=1S/C10H20O2/c1-4-8(3)6-7-9(5-2)10(11)12/h9-12H,3-7H2,1-2H3. The van der Waals surface area contributed by atoms with Crippen molar-refractivity contribution in [3.8, 4) is 0 Å². The molecule has 0 radical (unpaired) electrons. The van der Waals surface area contributed by atoms with Gasteiger partial charge >= 0.3 is 0 Å². The number of hydrogen-bond donors (Lipinski definition) is 2. The molecule has 0 amide bonds. The van der Waals surface area contributed by atoms with Crippen molar-refractivity contribution in [3.63, 3.8) is 0 Å². The van der Waals surface area contributed by atoms with Crippen molar-refractivity contribution in [1.82, 2.24) is 0 Å². The van der Waals surface area contributed by atoms with Gasteiger partial charge in [-0.3, -0.25) is 0 Å². The van der Waals surface area contributed by atoms with Crippen LogP contribution >= 0.6 is 0 Å². The fourth-order valence-corrected chi connectivity index (χ4v) is 1.13. The Labute approximate surface area is 74.9 Å². The predicted octanol–water partition coefficient (Wildman–Crippen LogP) is 2.07. The fraction of sp³-hybridized carbons (Fsp3) is 0.800. The van der Waals surface area contributed by atoms with Crippen molar-refractivity contribution in [1.29, 1.82) is 0 Å². The van der Waals surface area contributed by atoms with Crippen molar-refractivity contribution in [2.24, 2.45) is 5.92 Å². The summed E-state index contributed by atoms with van der Waals surface area (Å²) in [6, 6.07) is 0. The van der Waals surface area contributed by atoms with Gasteiger partial charge in [-0.1, -0.05) is 26.0 Å². The molecule has 0 saturated heterocycles. The van der Waals surface area contributed by atoms with Gasteiger partial charge in [0.1, 0.15) is 0 Å². The van der Waals surface area contributed by atoms with E-state index in [-0.39, 0.29) is 5.92 Å². The van der Waals surface area contributed by atoms with Crippen LogP contribution in [0.4, 0.5) is 0 Å². The lowest BCUT2D eigenvalue weighted by atomic mass is 9.96. The first-order chi connectivity index (χ1) is 5.61. The molecule has 1 unspecified atom stereocenters. The molecule has 1 atom stereocenters. The molecular weight excluding hydrogens is 152 g/mol. The smallest absolute Gasteiger partial charge is 0.154 e. The molecule has 0 saturated carbocycles. The second-order valence-corrected chi connectivity index (χ2v) is 3.22. The molecular formula is C10H20O2. The Morgan fingerprint density at radius 3 is 2.25 bits per heavy atom. The normalized spacial score (nSPS) is 13.4. The van der Waals surface area contributed by atoms with E-state index in [9.17, 15) is 0 Å². The fourth-order valence-electron chi connectivity index (χ4n) is 1.13. The molecule has 0 rings (SSSR count). The summed E-state index contributed by atoms with van der Waals surface area (Å²) >= 11 is 0. The number of aliphatic hydroxyl groups is 2. The number of rotatable bonds is 6. The number of allylic oxidation sites excluding steroid dienone is 1. The topological polar surface area (TPSA) is 40.5 Å². The van der Waals surface area contributed by atoms with Crippen LogP contribution in [0.5, 0.6) is 0 Å². The maximum absolute atomic E-state index is 8.92. The maximum atomic E-state index is 8.92. The molecule has 0 aromatic carbocycles. The lowest BCUT2D eigenvalue weighted by Crippen LogP contribution is -2.18. The van der Waals surface area contributed by atoms with Gasteiger partial charge in [-0.05, 0) is 25.7 Å². The number of hydrogen-bond acceptors (Lipinski definition) is 2. The van der Waals surface area contributed by atoms with Gasteiger partial charge in [0.05, 0.1) is 0 Å². The van der Waals surface area contributed by atoms with Gasteiger partial charge in [-0.2, -0.15) is 0 Å². The van der Waals surface area contributed by atoms with Crippen molar-refractivity contribution in [2.75, 3.05) is 0 Å². The second-order valence-electron chi connectivity index (χ2n) is 3.22. The second kappa shape index (κ2) is 6.21. The molecule has 0 bridgehead atoms. The Morgan fingerprint density at radius 2 is 1.92 bits per heavy atom. The summed E-state index contributed by atoms with van der Waals surface area (Å²) in [6.07, 6.45) is 2.37. The third-order valence-electron chi connectivity index (χ3n) is 2.31. The molecule has 0 aliphatic heterocycles. The molecule has 2 nitrogen and oxygen atoms in total. The Hall–Kier alpha value is -0.340. The first-order valence-corrected chi connectivity index (χ1v) is 4.64. The third kappa shape index (κ3) is 4.52. The van der Waals surface area contributed by atoms with Gasteiger partial charge in [0, 0.05) is 5.92 Å². The minimum absolute atomic E-state index is 0.00769. The molecule has 2 heteroatoms. The van der Waals surface area contributed by atoms with Crippen LogP contribution in [0.2, 0.25) is 0 Å². The third-order valence-corrected chi connectivity index (χ3v) is 2.31. The van der Waals surface area contributed by atoms with E-state index in [1.54, 1.807) is 0 Å². The van der Waals surface area contributed by atoms with Crippen molar-refractivity contribution >= 4 is 0 Å². The summed E-state index contributed by atoms with van der Waals surface area (Å²) in [5, 5.41) is 17.8. The van der Waals surface area contributed by atoms with E-state index in [4.69, 9.17) is 10.2 Å². The quantitative estimate of drug-likeness (QED) is 0.475. The molecule has 72 valence electrons. The van der Waals surface area contributed by atoms with Crippen LogP contribution in [-0.2, 0) is 0 Å². The van der Waals surface area contributed by atoms with Gasteiger partial charge in [0.15, 0.2) is 6.29 Å². The van der Waals surface area contributed by atoms with Gasteiger partial charge in [-0.25, -0.2) is 0 Å².